The van der Waals surface area contributed by atoms with E-state index in [-0.39, 0.29) is 5.91 Å². The number of carbonyl (C=O) groups is 1. The molecule has 2 aromatic heterocycles. The summed E-state index contributed by atoms with van der Waals surface area (Å²) in [5.41, 5.74) is 0.919. The van der Waals surface area contributed by atoms with Crippen molar-refractivity contribution in [3.05, 3.63) is 82.3 Å². The van der Waals surface area contributed by atoms with Crippen molar-refractivity contribution in [2.75, 3.05) is 12.4 Å². The van der Waals surface area contributed by atoms with Crippen LogP contribution in [0.2, 0.25) is 10.0 Å². The predicted molar refractivity (Wildman–Crippen MR) is 117 cm³/mol. The first-order valence-electron chi connectivity index (χ1n) is 8.88. The first-order valence-corrected chi connectivity index (χ1v) is 9.63. The number of amides is 1. The number of methoxy groups -OCH3 is 1. The summed E-state index contributed by atoms with van der Waals surface area (Å²) < 4.78 is 10.8. The summed E-state index contributed by atoms with van der Waals surface area (Å²) in [6.07, 6.45) is 0. The molecule has 0 unspecified atom stereocenters. The van der Waals surface area contributed by atoms with Gasteiger partial charge in [0.1, 0.15) is 17.3 Å². The van der Waals surface area contributed by atoms with Crippen LogP contribution in [0.1, 0.15) is 10.4 Å². The van der Waals surface area contributed by atoms with Gasteiger partial charge in [0.25, 0.3) is 5.91 Å². The molecule has 0 aliphatic carbocycles. The Bertz CT molecular complexity index is 1230. The molecule has 0 saturated heterocycles. The van der Waals surface area contributed by atoms with Gasteiger partial charge in [0.05, 0.1) is 17.2 Å². The lowest BCUT2D eigenvalue weighted by Gasteiger charge is -2.08. The van der Waals surface area contributed by atoms with Gasteiger partial charge in [0, 0.05) is 23.1 Å². The number of fused-ring (bicyclic) bond motifs is 1. The standard InChI is InChI=1S/C22H15Cl2N3O3/c1-29-15-6-2-14(3-7-15)22(28)26-19-10-4-13-5-11-20(27-21(13)25-19)30-16-8-9-17(23)18(24)12-16/h2-12H,1H3,(H,25,26,27,28). The first-order chi connectivity index (χ1) is 14.5. The summed E-state index contributed by atoms with van der Waals surface area (Å²) in [5, 5.41) is 4.40. The Kier molecular flexibility index (Phi) is 5.70. The van der Waals surface area contributed by atoms with Gasteiger partial charge in [-0.25, -0.2) is 4.98 Å². The van der Waals surface area contributed by atoms with Gasteiger partial charge in [-0.15, -0.1) is 0 Å². The van der Waals surface area contributed by atoms with Crippen molar-refractivity contribution in [1.82, 2.24) is 9.97 Å². The Balaban J connectivity index is 1.54. The fraction of sp³-hybridized carbons (Fsp3) is 0.0455. The number of anilines is 1. The number of carbonyl (C=O) groups excluding carboxylic acids is 1. The maximum Gasteiger partial charge on any atom is 0.256 e. The minimum absolute atomic E-state index is 0.285. The average molecular weight is 440 g/mol. The van der Waals surface area contributed by atoms with Gasteiger partial charge in [0.2, 0.25) is 5.88 Å². The van der Waals surface area contributed by atoms with Crippen molar-refractivity contribution < 1.29 is 14.3 Å². The fourth-order valence-corrected chi connectivity index (χ4v) is 2.99. The smallest absolute Gasteiger partial charge is 0.256 e. The molecule has 0 saturated carbocycles. The minimum Gasteiger partial charge on any atom is -0.497 e. The molecule has 2 aromatic carbocycles. The maximum absolute atomic E-state index is 12.5. The Morgan fingerprint density at radius 2 is 1.60 bits per heavy atom. The van der Waals surface area contributed by atoms with Crippen LogP contribution in [0.25, 0.3) is 11.0 Å². The highest BCUT2D eigenvalue weighted by atomic mass is 35.5. The third-order valence-electron chi connectivity index (χ3n) is 4.23. The van der Waals surface area contributed by atoms with E-state index < -0.39 is 0 Å². The second-order valence-corrected chi connectivity index (χ2v) is 7.07. The monoisotopic (exact) mass is 439 g/mol. The summed E-state index contributed by atoms with van der Waals surface area (Å²) in [5.74, 6) is 1.61. The van der Waals surface area contributed by atoms with Crippen molar-refractivity contribution in [3.63, 3.8) is 0 Å². The van der Waals surface area contributed by atoms with E-state index in [9.17, 15) is 4.79 Å². The van der Waals surface area contributed by atoms with Gasteiger partial charge in [-0.3, -0.25) is 4.79 Å². The number of pyridine rings is 2. The zero-order valence-electron chi connectivity index (χ0n) is 15.7. The molecule has 0 fully saturated rings. The van der Waals surface area contributed by atoms with E-state index in [2.05, 4.69) is 15.3 Å². The van der Waals surface area contributed by atoms with Gasteiger partial charge < -0.3 is 14.8 Å². The van der Waals surface area contributed by atoms with Crippen molar-refractivity contribution in [1.29, 1.82) is 0 Å². The van der Waals surface area contributed by atoms with Crippen LogP contribution in [0.4, 0.5) is 5.82 Å². The maximum atomic E-state index is 12.5. The van der Waals surface area contributed by atoms with E-state index in [1.807, 2.05) is 12.1 Å². The van der Waals surface area contributed by atoms with Gasteiger partial charge >= 0.3 is 0 Å². The summed E-state index contributed by atoms with van der Waals surface area (Å²) in [6, 6.07) is 18.8. The highest BCUT2D eigenvalue weighted by Gasteiger charge is 2.09. The topological polar surface area (TPSA) is 73.3 Å². The molecule has 30 heavy (non-hydrogen) atoms. The molecule has 0 aliphatic rings. The van der Waals surface area contributed by atoms with E-state index in [0.717, 1.165) is 5.39 Å². The molecule has 1 amide bonds. The minimum atomic E-state index is -0.285. The Labute approximate surface area is 182 Å². The molecule has 0 bridgehead atoms. The fourth-order valence-electron chi connectivity index (χ4n) is 2.70. The summed E-state index contributed by atoms with van der Waals surface area (Å²) in [7, 11) is 1.57. The van der Waals surface area contributed by atoms with Crippen molar-refractivity contribution in [2.24, 2.45) is 0 Å². The molecule has 6 nitrogen and oxygen atoms in total. The first kappa shape index (κ1) is 19.9. The Hall–Kier alpha value is -3.35. The van der Waals surface area contributed by atoms with Crippen LogP contribution < -0.4 is 14.8 Å². The van der Waals surface area contributed by atoms with Crippen LogP contribution in [0.15, 0.2) is 66.7 Å². The van der Waals surface area contributed by atoms with E-state index in [1.54, 1.807) is 61.7 Å². The quantitative estimate of drug-likeness (QED) is 0.413. The average Bonchev–Trinajstić information content (AvgIpc) is 2.76. The summed E-state index contributed by atoms with van der Waals surface area (Å²) in [6.45, 7) is 0. The molecule has 0 atom stereocenters. The molecule has 1 N–H and O–H groups in total. The Morgan fingerprint density at radius 1 is 0.867 bits per heavy atom. The van der Waals surface area contributed by atoms with Crippen LogP contribution in [-0.4, -0.2) is 23.0 Å². The molecule has 0 radical (unpaired) electrons. The van der Waals surface area contributed by atoms with E-state index >= 15 is 0 Å². The van der Waals surface area contributed by atoms with E-state index in [1.165, 1.54) is 0 Å². The van der Waals surface area contributed by atoms with Crippen LogP contribution in [0.5, 0.6) is 17.4 Å². The van der Waals surface area contributed by atoms with Crippen molar-refractivity contribution in [3.8, 4) is 17.4 Å². The SMILES string of the molecule is COc1ccc(C(=O)Nc2ccc3ccc(Oc4ccc(Cl)c(Cl)c4)nc3n2)cc1. The number of benzene rings is 2. The van der Waals surface area contributed by atoms with E-state index in [0.29, 0.717) is 44.5 Å². The zero-order valence-corrected chi connectivity index (χ0v) is 17.2. The molecule has 150 valence electrons. The lowest BCUT2D eigenvalue weighted by atomic mass is 10.2. The zero-order chi connectivity index (χ0) is 21.1. The van der Waals surface area contributed by atoms with Crippen LogP contribution >= 0.6 is 23.2 Å². The normalized spacial score (nSPS) is 10.6. The molecule has 0 spiro atoms. The van der Waals surface area contributed by atoms with Gasteiger partial charge in [-0.1, -0.05) is 23.2 Å². The number of hydrogen-bond acceptors (Lipinski definition) is 5. The predicted octanol–water partition coefficient (Wildman–Crippen LogP) is 5.99. The molecule has 4 aromatic rings. The van der Waals surface area contributed by atoms with Gasteiger partial charge in [0.15, 0.2) is 5.65 Å². The number of halogens is 2. The summed E-state index contributed by atoms with van der Waals surface area (Å²) >= 11 is 11.9. The lowest BCUT2D eigenvalue weighted by Crippen LogP contribution is -2.12. The number of aromatic nitrogens is 2. The van der Waals surface area contributed by atoms with Crippen LogP contribution in [0, 0.1) is 0 Å². The van der Waals surface area contributed by atoms with Crippen molar-refractivity contribution in [2.45, 2.75) is 0 Å². The number of nitrogens with one attached hydrogen (secondary N) is 1. The highest BCUT2D eigenvalue weighted by Crippen LogP contribution is 2.29. The largest absolute Gasteiger partial charge is 0.497 e. The van der Waals surface area contributed by atoms with Crippen LogP contribution in [0.3, 0.4) is 0 Å². The number of ether oxygens (including phenoxy) is 2. The summed E-state index contributed by atoms with van der Waals surface area (Å²) in [4.78, 5) is 21.3. The van der Waals surface area contributed by atoms with Gasteiger partial charge in [-0.05, 0) is 54.6 Å². The number of hydrogen-bond donors (Lipinski definition) is 1. The van der Waals surface area contributed by atoms with Gasteiger partial charge in [-0.2, -0.15) is 4.98 Å². The van der Waals surface area contributed by atoms with E-state index in [4.69, 9.17) is 32.7 Å². The molecule has 2 heterocycles. The second kappa shape index (κ2) is 8.57. The molecule has 0 aliphatic heterocycles. The number of nitrogens with zero attached hydrogens (tertiary/aromatic N) is 2. The van der Waals surface area contributed by atoms with Crippen molar-refractivity contribution >= 4 is 46.0 Å². The number of rotatable bonds is 5. The lowest BCUT2D eigenvalue weighted by molar-refractivity contribution is 0.102. The third kappa shape index (κ3) is 4.45. The highest BCUT2D eigenvalue weighted by molar-refractivity contribution is 6.42. The molecular formula is C22H15Cl2N3O3. The van der Waals surface area contributed by atoms with Crippen LogP contribution in [-0.2, 0) is 0 Å². The molecular weight excluding hydrogens is 425 g/mol. The molecule has 4 rings (SSSR count). The molecule has 8 heteroatoms. The third-order valence-corrected chi connectivity index (χ3v) is 4.97. The Morgan fingerprint density at radius 3 is 2.33 bits per heavy atom. The second-order valence-electron chi connectivity index (χ2n) is 6.25.